The molecule has 0 aliphatic carbocycles. The monoisotopic (exact) mass is 486 g/mol. The number of nitrogens with zero attached hydrogens (tertiary/aromatic N) is 6. The molecule has 2 aromatic carbocycles. The Kier molecular flexibility index (Phi) is 5.90. The van der Waals surface area contributed by atoms with E-state index in [0.717, 1.165) is 42.5 Å². The van der Waals surface area contributed by atoms with Gasteiger partial charge in [0.2, 0.25) is 15.8 Å². The van der Waals surface area contributed by atoms with Gasteiger partial charge in [-0.1, -0.05) is 11.6 Å². The van der Waals surface area contributed by atoms with Crippen molar-refractivity contribution in [3.05, 3.63) is 53.1 Å². The molecule has 0 unspecified atom stereocenters. The number of aromatic nitrogens is 4. The fraction of sp³-hybridized carbons (Fsp3) is 0.364. The number of carbonyl (C=O) groups excluding carboxylic acids is 1. The van der Waals surface area contributed by atoms with Gasteiger partial charge in [-0.15, -0.1) is 10.2 Å². The molecule has 1 amide bonds. The molecule has 0 radical (unpaired) electrons. The Balaban J connectivity index is 1.34. The van der Waals surface area contributed by atoms with Crippen molar-refractivity contribution < 1.29 is 13.2 Å². The lowest BCUT2D eigenvalue weighted by Crippen LogP contribution is -2.38. The quantitative estimate of drug-likeness (QED) is 0.549. The topological polar surface area (TPSA) is 101 Å². The fourth-order valence-electron chi connectivity index (χ4n) is 4.30. The number of aryl methyl sites for hydroxylation is 1. The van der Waals surface area contributed by atoms with Crippen LogP contribution in [-0.4, -0.2) is 58.5 Å². The van der Waals surface area contributed by atoms with Crippen molar-refractivity contribution in [2.24, 2.45) is 0 Å². The van der Waals surface area contributed by atoms with Gasteiger partial charge in [0.05, 0.1) is 4.90 Å². The predicted molar refractivity (Wildman–Crippen MR) is 123 cm³/mol. The van der Waals surface area contributed by atoms with E-state index in [9.17, 15) is 13.2 Å². The smallest absolute Gasteiger partial charge is 0.250 e. The van der Waals surface area contributed by atoms with Gasteiger partial charge in [0.25, 0.3) is 5.91 Å². The van der Waals surface area contributed by atoms with Crippen LogP contribution in [0.2, 0.25) is 5.02 Å². The molecule has 0 spiro atoms. The van der Waals surface area contributed by atoms with Gasteiger partial charge < -0.3 is 4.90 Å². The molecule has 2 aliphatic rings. The Hall–Kier alpha value is -2.82. The van der Waals surface area contributed by atoms with E-state index in [1.807, 2.05) is 0 Å². The van der Waals surface area contributed by atoms with Crippen molar-refractivity contribution >= 4 is 33.2 Å². The summed E-state index contributed by atoms with van der Waals surface area (Å²) in [6, 6.07) is 12.1. The summed E-state index contributed by atoms with van der Waals surface area (Å²) < 4.78 is 27.4. The van der Waals surface area contributed by atoms with Crippen molar-refractivity contribution in [3.63, 3.8) is 0 Å². The van der Waals surface area contributed by atoms with E-state index in [2.05, 4.69) is 15.4 Å². The van der Waals surface area contributed by atoms with Gasteiger partial charge in [-0.05, 0) is 78.9 Å². The third-order valence-corrected chi connectivity index (χ3v) is 8.15. The molecule has 3 heterocycles. The second kappa shape index (κ2) is 8.85. The summed E-state index contributed by atoms with van der Waals surface area (Å²) in [6.45, 7) is 1.62. The van der Waals surface area contributed by atoms with E-state index in [0.29, 0.717) is 35.4 Å². The van der Waals surface area contributed by atoms with E-state index >= 15 is 0 Å². The van der Waals surface area contributed by atoms with Crippen LogP contribution in [0.5, 0.6) is 0 Å². The maximum absolute atomic E-state index is 13.1. The van der Waals surface area contributed by atoms with Crippen LogP contribution in [-0.2, 0) is 27.8 Å². The number of sulfonamides is 1. The Morgan fingerprint density at radius 1 is 1.00 bits per heavy atom. The van der Waals surface area contributed by atoms with E-state index in [-0.39, 0.29) is 12.5 Å². The SMILES string of the molecule is O=C(Cn1nnc(-c2ccc(Cl)cc2)n1)N1CCCc2cc(S(=O)(=O)N3CCCC3)ccc21. The van der Waals surface area contributed by atoms with Crippen LogP contribution < -0.4 is 4.90 Å². The number of carbonyl (C=O) groups is 1. The van der Waals surface area contributed by atoms with Gasteiger partial charge in [0, 0.05) is 35.9 Å². The number of hydrogen-bond acceptors (Lipinski definition) is 6. The minimum absolute atomic E-state index is 0.0616. The standard InChI is InChI=1S/C22H23ClN6O3S/c23-18-7-5-16(6-8-18)22-24-26-29(25-22)15-21(30)28-13-3-4-17-14-19(9-10-20(17)28)33(31,32)27-11-1-2-12-27/h5-10,14H,1-4,11-13,15H2. The van der Waals surface area contributed by atoms with Crippen molar-refractivity contribution in [1.82, 2.24) is 24.5 Å². The highest BCUT2D eigenvalue weighted by atomic mass is 35.5. The van der Waals surface area contributed by atoms with Crippen molar-refractivity contribution in [3.8, 4) is 11.4 Å². The number of tetrazole rings is 1. The van der Waals surface area contributed by atoms with Crippen LogP contribution in [0.3, 0.4) is 0 Å². The molecular weight excluding hydrogens is 464 g/mol. The molecule has 0 bridgehead atoms. The summed E-state index contributed by atoms with van der Waals surface area (Å²) in [5.41, 5.74) is 2.36. The van der Waals surface area contributed by atoms with Crippen molar-refractivity contribution in [1.29, 1.82) is 0 Å². The number of halogens is 1. The molecule has 5 rings (SSSR count). The van der Waals surface area contributed by atoms with Crippen molar-refractivity contribution in [2.75, 3.05) is 24.5 Å². The van der Waals surface area contributed by atoms with Crippen molar-refractivity contribution in [2.45, 2.75) is 37.1 Å². The average Bonchev–Trinajstić information content (AvgIpc) is 3.52. The van der Waals surface area contributed by atoms with E-state index in [1.165, 1.54) is 9.10 Å². The van der Waals surface area contributed by atoms with Crippen LogP contribution in [0.4, 0.5) is 5.69 Å². The maximum atomic E-state index is 13.1. The summed E-state index contributed by atoms with van der Waals surface area (Å²) in [5, 5.41) is 13.0. The zero-order chi connectivity index (χ0) is 23.0. The molecule has 1 saturated heterocycles. The molecule has 0 saturated carbocycles. The normalized spacial score (nSPS) is 16.7. The molecule has 2 aliphatic heterocycles. The summed E-state index contributed by atoms with van der Waals surface area (Å²) in [7, 11) is -3.50. The van der Waals surface area contributed by atoms with E-state index < -0.39 is 10.0 Å². The first-order valence-electron chi connectivity index (χ1n) is 10.9. The highest BCUT2D eigenvalue weighted by molar-refractivity contribution is 7.89. The summed E-state index contributed by atoms with van der Waals surface area (Å²) in [5.74, 6) is 0.237. The third-order valence-electron chi connectivity index (χ3n) is 6.01. The third kappa shape index (κ3) is 4.38. The van der Waals surface area contributed by atoms with Crippen LogP contribution in [0.1, 0.15) is 24.8 Å². The molecule has 1 fully saturated rings. The lowest BCUT2D eigenvalue weighted by Gasteiger charge is -2.30. The summed E-state index contributed by atoms with van der Waals surface area (Å²) in [6.07, 6.45) is 3.27. The number of fused-ring (bicyclic) bond motifs is 1. The molecule has 172 valence electrons. The first kappa shape index (κ1) is 22.0. The zero-order valence-electron chi connectivity index (χ0n) is 17.9. The molecular formula is C22H23ClN6O3S. The molecule has 1 aromatic heterocycles. The highest BCUT2D eigenvalue weighted by Crippen LogP contribution is 2.31. The number of amides is 1. The average molecular weight is 487 g/mol. The van der Waals surface area contributed by atoms with Crippen LogP contribution in [0.25, 0.3) is 11.4 Å². The lowest BCUT2D eigenvalue weighted by atomic mass is 10.0. The van der Waals surface area contributed by atoms with Gasteiger partial charge >= 0.3 is 0 Å². The Morgan fingerprint density at radius 2 is 1.76 bits per heavy atom. The number of rotatable bonds is 5. The van der Waals surface area contributed by atoms with Gasteiger partial charge in [-0.25, -0.2) is 8.42 Å². The summed E-state index contributed by atoms with van der Waals surface area (Å²) >= 11 is 5.92. The Morgan fingerprint density at radius 3 is 2.52 bits per heavy atom. The Labute approximate surface area is 197 Å². The fourth-order valence-corrected chi connectivity index (χ4v) is 6.00. The molecule has 0 N–H and O–H groups in total. The number of hydrogen-bond donors (Lipinski definition) is 0. The molecule has 3 aromatic rings. The van der Waals surface area contributed by atoms with Crippen LogP contribution >= 0.6 is 11.6 Å². The second-order valence-electron chi connectivity index (χ2n) is 8.20. The summed E-state index contributed by atoms with van der Waals surface area (Å²) in [4.78, 5) is 16.3. The van der Waals surface area contributed by atoms with E-state index in [4.69, 9.17) is 11.6 Å². The minimum atomic E-state index is -3.50. The van der Waals surface area contributed by atoms with Gasteiger partial charge in [-0.3, -0.25) is 4.79 Å². The largest absolute Gasteiger partial charge is 0.310 e. The molecule has 9 nitrogen and oxygen atoms in total. The van der Waals surface area contributed by atoms with Crippen LogP contribution in [0, 0.1) is 0 Å². The molecule has 33 heavy (non-hydrogen) atoms. The van der Waals surface area contributed by atoms with Gasteiger partial charge in [-0.2, -0.15) is 9.10 Å². The second-order valence-corrected chi connectivity index (χ2v) is 10.6. The zero-order valence-corrected chi connectivity index (χ0v) is 19.5. The molecule has 11 heteroatoms. The number of anilines is 1. The maximum Gasteiger partial charge on any atom is 0.250 e. The van der Waals surface area contributed by atoms with Gasteiger partial charge in [0.15, 0.2) is 0 Å². The minimum Gasteiger partial charge on any atom is -0.310 e. The Bertz CT molecular complexity index is 1290. The number of benzene rings is 2. The molecule has 0 atom stereocenters. The van der Waals surface area contributed by atoms with Gasteiger partial charge in [0.1, 0.15) is 6.54 Å². The highest BCUT2D eigenvalue weighted by Gasteiger charge is 2.30. The lowest BCUT2D eigenvalue weighted by molar-refractivity contribution is -0.119. The van der Waals surface area contributed by atoms with Crippen LogP contribution in [0.15, 0.2) is 47.4 Å². The van der Waals surface area contributed by atoms with E-state index in [1.54, 1.807) is 47.4 Å². The predicted octanol–water partition coefficient (Wildman–Crippen LogP) is 2.76. The first-order chi connectivity index (χ1) is 15.9. The first-order valence-corrected chi connectivity index (χ1v) is 12.7.